The monoisotopic (exact) mass is 414 g/mol. The first-order valence-corrected chi connectivity index (χ1v) is 9.55. The van der Waals surface area contributed by atoms with Crippen LogP contribution in [-0.2, 0) is 11.3 Å². The molecule has 0 saturated carbocycles. The number of alkyl halides is 2. The number of anilines is 1. The van der Waals surface area contributed by atoms with Crippen LogP contribution in [0.5, 0.6) is 5.75 Å². The van der Waals surface area contributed by atoms with Gasteiger partial charge in [0.2, 0.25) is 11.9 Å². The van der Waals surface area contributed by atoms with Crippen LogP contribution in [0.15, 0.2) is 30.9 Å². The number of nitrogens with zero attached hydrogens (tertiary/aromatic N) is 6. The number of halogens is 2. The summed E-state index contributed by atoms with van der Waals surface area (Å²) in [7, 11) is 0. The van der Waals surface area contributed by atoms with E-state index < -0.39 is 23.8 Å². The molecule has 0 bridgehead atoms. The average Bonchev–Trinajstić information content (AvgIpc) is 2.98. The maximum absolute atomic E-state index is 15.3. The molecular weight excluding hydrogens is 394 g/mol. The molecule has 2 aromatic heterocycles. The highest BCUT2D eigenvalue weighted by molar-refractivity contribution is 5.84. The summed E-state index contributed by atoms with van der Waals surface area (Å²) < 4.78 is 36.2. The van der Waals surface area contributed by atoms with Gasteiger partial charge in [0.05, 0.1) is 19.6 Å². The molecule has 1 atom stereocenters. The Bertz CT molecular complexity index is 997. The lowest BCUT2D eigenvalue weighted by atomic mass is 9.75. The molecule has 10 heteroatoms. The highest BCUT2D eigenvalue weighted by Crippen LogP contribution is 2.46. The molecular formula is C20H20F2N6O2. The van der Waals surface area contributed by atoms with Crippen molar-refractivity contribution >= 4 is 11.9 Å². The summed E-state index contributed by atoms with van der Waals surface area (Å²) in [6.07, 6.45) is 5.83. The smallest absolute Gasteiger partial charge is 0.279 e. The fourth-order valence-electron chi connectivity index (χ4n) is 3.84. The van der Waals surface area contributed by atoms with E-state index in [0.717, 1.165) is 0 Å². The Labute approximate surface area is 172 Å². The van der Waals surface area contributed by atoms with Crippen LogP contribution in [0.2, 0.25) is 0 Å². The normalized spacial score (nSPS) is 23.0. The zero-order valence-corrected chi connectivity index (χ0v) is 16.4. The fraction of sp³-hybridized carbons (Fsp3) is 0.450. The molecule has 8 nitrogen and oxygen atoms in total. The molecule has 2 aromatic rings. The summed E-state index contributed by atoms with van der Waals surface area (Å²) >= 11 is 0. The first kappa shape index (κ1) is 19.9. The van der Waals surface area contributed by atoms with Crippen molar-refractivity contribution in [2.75, 3.05) is 31.1 Å². The third-order valence-corrected chi connectivity index (χ3v) is 5.73. The Morgan fingerprint density at radius 2 is 2.03 bits per heavy atom. The van der Waals surface area contributed by atoms with Crippen LogP contribution >= 0.6 is 0 Å². The molecule has 0 N–H and O–H groups in total. The molecule has 0 radical (unpaired) electrons. The lowest BCUT2D eigenvalue weighted by Crippen LogP contribution is -2.61. The molecule has 0 spiro atoms. The second-order valence-corrected chi connectivity index (χ2v) is 7.62. The van der Waals surface area contributed by atoms with Crippen molar-refractivity contribution in [2.24, 2.45) is 5.41 Å². The molecule has 0 aliphatic carbocycles. The predicted molar refractivity (Wildman–Crippen MR) is 102 cm³/mol. The summed E-state index contributed by atoms with van der Waals surface area (Å²) in [4.78, 5) is 28.2. The Hall–Kier alpha value is -3.35. The molecule has 2 aliphatic rings. The standard InChI is InChI=1S/C20H20F2N6O2/c1-19(3-6-28(13-20(19,21)22)18-25-4-2-5-26-18)17(29)27-7-8-30-16-14(9-23)10-24-11-15(16)12-27/h2,4-5,10-11H,3,6-8,12-13H2,1H3. The molecule has 30 heavy (non-hydrogen) atoms. The second kappa shape index (κ2) is 7.48. The first-order valence-electron chi connectivity index (χ1n) is 9.55. The van der Waals surface area contributed by atoms with Crippen LogP contribution in [-0.4, -0.2) is 57.9 Å². The number of aromatic nitrogens is 3. The van der Waals surface area contributed by atoms with Crippen molar-refractivity contribution in [1.82, 2.24) is 19.9 Å². The number of fused-ring (bicyclic) bond motifs is 1. The molecule has 1 unspecified atom stereocenters. The van der Waals surface area contributed by atoms with Crippen molar-refractivity contribution in [3.05, 3.63) is 42.0 Å². The molecule has 1 saturated heterocycles. The lowest BCUT2D eigenvalue weighted by Gasteiger charge is -2.46. The van der Waals surface area contributed by atoms with Gasteiger partial charge in [-0.15, -0.1) is 0 Å². The van der Waals surface area contributed by atoms with Gasteiger partial charge in [-0.2, -0.15) is 5.26 Å². The minimum absolute atomic E-state index is 0.0439. The van der Waals surface area contributed by atoms with Gasteiger partial charge in [-0.25, -0.2) is 18.7 Å². The largest absolute Gasteiger partial charge is 0.490 e. The SMILES string of the molecule is CC1(C(=O)N2CCOc3c(C#N)cncc3C2)CCN(c2ncccn2)CC1(F)F. The van der Waals surface area contributed by atoms with Crippen LogP contribution in [0.4, 0.5) is 14.7 Å². The van der Waals surface area contributed by atoms with E-state index in [2.05, 4.69) is 15.0 Å². The van der Waals surface area contributed by atoms with Crippen LogP contribution in [0.25, 0.3) is 0 Å². The number of nitriles is 1. The Balaban J connectivity index is 1.57. The number of ether oxygens (including phenoxy) is 1. The number of rotatable bonds is 2. The Kier molecular flexibility index (Phi) is 4.97. The molecule has 0 aromatic carbocycles. The number of hydrogen-bond acceptors (Lipinski definition) is 7. The third kappa shape index (κ3) is 3.30. The van der Waals surface area contributed by atoms with Crippen molar-refractivity contribution in [1.29, 1.82) is 5.26 Å². The van der Waals surface area contributed by atoms with Gasteiger partial charge in [-0.05, 0) is 19.4 Å². The molecule has 1 amide bonds. The zero-order valence-electron chi connectivity index (χ0n) is 16.4. The summed E-state index contributed by atoms with van der Waals surface area (Å²) in [5.41, 5.74) is -1.08. The van der Waals surface area contributed by atoms with Crippen LogP contribution in [0.1, 0.15) is 24.5 Å². The highest BCUT2D eigenvalue weighted by atomic mass is 19.3. The van der Waals surface area contributed by atoms with Crippen molar-refractivity contribution in [2.45, 2.75) is 25.8 Å². The van der Waals surface area contributed by atoms with E-state index in [1.54, 1.807) is 6.07 Å². The van der Waals surface area contributed by atoms with E-state index in [1.165, 1.54) is 41.5 Å². The number of amides is 1. The minimum Gasteiger partial charge on any atom is -0.490 e. The van der Waals surface area contributed by atoms with Gasteiger partial charge in [-0.1, -0.05) is 0 Å². The first-order chi connectivity index (χ1) is 14.4. The van der Waals surface area contributed by atoms with E-state index in [9.17, 15) is 10.1 Å². The van der Waals surface area contributed by atoms with Crippen LogP contribution in [0, 0.1) is 16.7 Å². The number of carbonyl (C=O) groups is 1. The van der Waals surface area contributed by atoms with Crippen LogP contribution < -0.4 is 9.64 Å². The van der Waals surface area contributed by atoms with Crippen molar-refractivity contribution < 1.29 is 18.3 Å². The van der Waals surface area contributed by atoms with Gasteiger partial charge < -0.3 is 14.5 Å². The van der Waals surface area contributed by atoms with Crippen molar-refractivity contribution in [3.63, 3.8) is 0 Å². The van der Waals surface area contributed by atoms with E-state index in [-0.39, 0.29) is 44.2 Å². The summed E-state index contributed by atoms with van der Waals surface area (Å²) in [6.45, 7) is 1.24. The van der Waals surface area contributed by atoms with E-state index in [0.29, 0.717) is 11.3 Å². The number of pyridine rings is 1. The number of carbonyl (C=O) groups excluding carboxylic acids is 1. The van der Waals surface area contributed by atoms with Gasteiger partial charge in [0.1, 0.15) is 29.4 Å². The minimum atomic E-state index is -3.29. The third-order valence-electron chi connectivity index (χ3n) is 5.73. The predicted octanol–water partition coefficient (Wildman–Crippen LogP) is 2.02. The average molecular weight is 414 g/mol. The molecule has 156 valence electrons. The van der Waals surface area contributed by atoms with E-state index in [1.807, 2.05) is 6.07 Å². The summed E-state index contributed by atoms with van der Waals surface area (Å²) in [5.74, 6) is -3.35. The topological polar surface area (TPSA) is 95.2 Å². The van der Waals surface area contributed by atoms with Gasteiger partial charge >= 0.3 is 0 Å². The number of piperidine rings is 1. The van der Waals surface area contributed by atoms with Crippen molar-refractivity contribution in [3.8, 4) is 11.8 Å². The highest BCUT2D eigenvalue weighted by Gasteiger charge is 2.59. The van der Waals surface area contributed by atoms with Gasteiger partial charge in [0.15, 0.2) is 0 Å². The Morgan fingerprint density at radius 1 is 1.27 bits per heavy atom. The molecule has 2 aliphatic heterocycles. The zero-order chi connectivity index (χ0) is 21.4. The fourth-order valence-corrected chi connectivity index (χ4v) is 3.84. The van der Waals surface area contributed by atoms with E-state index >= 15 is 8.78 Å². The maximum atomic E-state index is 15.3. The van der Waals surface area contributed by atoms with Gasteiger partial charge in [-0.3, -0.25) is 9.78 Å². The molecule has 1 fully saturated rings. The Morgan fingerprint density at radius 3 is 2.73 bits per heavy atom. The quantitative estimate of drug-likeness (QED) is 0.742. The van der Waals surface area contributed by atoms with Crippen LogP contribution in [0.3, 0.4) is 0 Å². The maximum Gasteiger partial charge on any atom is 0.279 e. The molecule has 4 rings (SSSR count). The summed E-state index contributed by atoms with van der Waals surface area (Å²) in [6, 6.07) is 3.62. The summed E-state index contributed by atoms with van der Waals surface area (Å²) in [5, 5.41) is 9.23. The number of hydrogen-bond donors (Lipinski definition) is 0. The second-order valence-electron chi connectivity index (χ2n) is 7.62. The van der Waals surface area contributed by atoms with Gasteiger partial charge in [0.25, 0.3) is 5.92 Å². The van der Waals surface area contributed by atoms with Gasteiger partial charge in [0, 0.05) is 36.9 Å². The van der Waals surface area contributed by atoms with E-state index in [4.69, 9.17) is 4.74 Å². The lowest BCUT2D eigenvalue weighted by molar-refractivity contribution is -0.173. The molecule has 4 heterocycles.